The summed E-state index contributed by atoms with van der Waals surface area (Å²) < 4.78 is 14.8. The molecule has 0 fully saturated rings. The number of anilines is 1. The largest absolute Gasteiger partial charge is 0.399 e. The van der Waals surface area contributed by atoms with E-state index < -0.39 is 11.0 Å². The second-order valence-corrected chi connectivity index (χ2v) is 4.82. The number of rotatable bonds is 4. The normalized spacial score (nSPS) is 12.2. The van der Waals surface area contributed by atoms with Crippen LogP contribution in [0.3, 0.4) is 0 Å². The van der Waals surface area contributed by atoms with Gasteiger partial charge in [-0.1, -0.05) is 6.07 Å². The van der Waals surface area contributed by atoms with E-state index in [-0.39, 0.29) is 0 Å². The van der Waals surface area contributed by atoms with Crippen molar-refractivity contribution in [1.82, 2.24) is 9.71 Å². The molecule has 0 aliphatic carbocycles. The maximum Gasteiger partial charge on any atom is 0.125 e. The fourth-order valence-electron chi connectivity index (χ4n) is 1.33. The number of nitrogens with zero attached hydrogens (tertiary/aromatic N) is 1. The third-order valence-electron chi connectivity index (χ3n) is 2.22. The lowest BCUT2D eigenvalue weighted by Gasteiger charge is -2.04. The molecule has 2 rings (SSSR count). The van der Waals surface area contributed by atoms with Crippen molar-refractivity contribution in [2.75, 3.05) is 5.73 Å². The van der Waals surface area contributed by atoms with Gasteiger partial charge in [0.15, 0.2) is 0 Å². The summed E-state index contributed by atoms with van der Waals surface area (Å²) in [7, 11) is -1.23. The van der Waals surface area contributed by atoms with E-state index in [9.17, 15) is 4.21 Å². The molecule has 0 saturated heterocycles. The molecule has 0 saturated carbocycles. The van der Waals surface area contributed by atoms with Crippen LogP contribution in [0.25, 0.3) is 0 Å². The highest BCUT2D eigenvalue weighted by Crippen LogP contribution is 2.08. The second kappa shape index (κ2) is 5.56. The Balaban J connectivity index is 1.96. The highest BCUT2D eigenvalue weighted by atomic mass is 32.2. The molecule has 5 heteroatoms. The van der Waals surface area contributed by atoms with Crippen molar-refractivity contribution in [2.24, 2.45) is 0 Å². The molecule has 1 aromatic heterocycles. The molecule has 2 aromatic rings. The maximum atomic E-state index is 11.9. The molecule has 0 spiro atoms. The predicted octanol–water partition coefficient (Wildman–Crippen LogP) is 1.48. The Labute approximate surface area is 102 Å². The second-order valence-electron chi connectivity index (χ2n) is 3.52. The zero-order chi connectivity index (χ0) is 12.1. The molecule has 1 unspecified atom stereocenters. The summed E-state index contributed by atoms with van der Waals surface area (Å²) >= 11 is 0. The molecule has 0 aliphatic heterocycles. The van der Waals surface area contributed by atoms with E-state index in [0.717, 1.165) is 5.56 Å². The molecule has 17 heavy (non-hydrogen) atoms. The average molecular weight is 247 g/mol. The number of pyridine rings is 1. The number of benzene rings is 1. The van der Waals surface area contributed by atoms with Gasteiger partial charge in [-0.05, 0) is 35.9 Å². The zero-order valence-corrected chi connectivity index (χ0v) is 9.98. The van der Waals surface area contributed by atoms with Gasteiger partial charge >= 0.3 is 0 Å². The van der Waals surface area contributed by atoms with Crippen LogP contribution in [0.5, 0.6) is 0 Å². The number of aromatic nitrogens is 1. The molecular weight excluding hydrogens is 234 g/mol. The number of hydrogen-bond donors (Lipinski definition) is 2. The standard InChI is InChI=1S/C12H13N3OS/c13-11-3-5-12(6-4-11)17(16)15-9-10-2-1-7-14-8-10/h1-8,15H,9,13H2. The zero-order valence-electron chi connectivity index (χ0n) is 9.17. The Morgan fingerprint density at radius 2 is 2.00 bits per heavy atom. The van der Waals surface area contributed by atoms with Crippen LogP contribution in [0.4, 0.5) is 5.69 Å². The molecule has 0 radical (unpaired) electrons. The SMILES string of the molecule is Nc1ccc(S(=O)NCc2cccnc2)cc1. The van der Waals surface area contributed by atoms with Crippen molar-refractivity contribution in [2.45, 2.75) is 11.4 Å². The molecule has 0 amide bonds. The van der Waals surface area contributed by atoms with Gasteiger partial charge in [-0.25, -0.2) is 8.93 Å². The topological polar surface area (TPSA) is 68.0 Å². The highest BCUT2D eigenvalue weighted by Gasteiger charge is 2.02. The quantitative estimate of drug-likeness (QED) is 0.804. The fraction of sp³-hybridized carbons (Fsp3) is 0.0833. The Morgan fingerprint density at radius 1 is 1.24 bits per heavy atom. The predicted molar refractivity (Wildman–Crippen MR) is 68.3 cm³/mol. The van der Waals surface area contributed by atoms with Crippen LogP contribution in [0.15, 0.2) is 53.7 Å². The summed E-state index contributed by atoms with van der Waals surface area (Å²) in [5, 5.41) is 0. The van der Waals surface area contributed by atoms with Crippen molar-refractivity contribution in [3.8, 4) is 0 Å². The Hall–Kier alpha value is -1.72. The first-order valence-corrected chi connectivity index (χ1v) is 6.30. The van der Waals surface area contributed by atoms with E-state index in [1.54, 1.807) is 36.7 Å². The van der Waals surface area contributed by atoms with Gasteiger partial charge in [0.05, 0.1) is 4.90 Å². The summed E-state index contributed by atoms with van der Waals surface area (Å²) in [6, 6.07) is 10.8. The summed E-state index contributed by atoms with van der Waals surface area (Å²) in [4.78, 5) is 4.70. The van der Waals surface area contributed by atoms with Crippen molar-refractivity contribution in [1.29, 1.82) is 0 Å². The lowest BCUT2D eigenvalue weighted by atomic mass is 10.3. The molecule has 0 aliphatic rings. The minimum Gasteiger partial charge on any atom is -0.399 e. The monoisotopic (exact) mass is 247 g/mol. The van der Waals surface area contributed by atoms with Gasteiger partial charge in [0, 0.05) is 24.6 Å². The minimum absolute atomic E-state index is 0.519. The van der Waals surface area contributed by atoms with E-state index in [4.69, 9.17) is 5.73 Å². The first-order valence-electron chi connectivity index (χ1n) is 5.15. The van der Waals surface area contributed by atoms with Crippen molar-refractivity contribution < 1.29 is 4.21 Å². The van der Waals surface area contributed by atoms with Crippen LogP contribution in [0, 0.1) is 0 Å². The van der Waals surface area contributed by atoms with Crippen LogP contribution >= 0.6 is 0 Å². The number of nitrogens with one attached hydrogen (secondary N) is 1. The van der Waals surface area contributed by atoms with Gasteiger partial charge in [0.2, 0.25) is 0 Å². The van der Waals surface area contributed by atoms with Crippen LogP contribution < -0.4 is 10.5 Å². The van der Waals surface area contributed by atoms with Crippen LogP contribution in [-0.2, 0) is 17.5 Å². The van der Waals surface area contributed by atoms with E-state index >= 15 is 0 Å². The molecule has 0 bridgehead atoms. The fourth-order valence-corrected chi connectivity index (χ4v) is 2.17. The first-order chi connectivity index (χ1) is 8.25. The van der Waals surface area contributed by atoms with Crippen molar-refractivity contribution in [3.63, 3.8) is 0 Å². The van der Waals surface area contributed by atoms with Gasteiger partial charge in [-0.2, -0.15) is 0 Å². The number of nitrogen functional groups attached to an aromatic ring is 1. The molecule has 1 atom stereocenters. The van der Waals surface area contributed by atoms with Crippen molar-refractivity contribution in [3.05, 3.63) is 54.4 Å². The summed E-state index contributed by atoms with van der Waals surface area (Å²) in [5.41, 5.74) is 7.23. The van der Waals surface area contributed by atoms with Crippen molar-refractivity contribution >= 4 is 16.7 Å². The van der Waals surface area contributed by atoms with Gasteiger partial charge in [0.1, 0.15) is 11.0 Å². The first kappa shape index (κ1) is 11.8. The van der Waals surface area contributed by atoms with E-state index in [2.05, 4.69) is 9.71 Å². The third kappa shape index (κ3) is 3.37. The summed E-state index contributed by atoms with van der Waals surface area (Å²) in [5.74, 6) is 0. The highest BCUT2D eigenvalue weighted by molar-refractivity contribution is 7.83. The number of hydrogen-bond acceptors (Lipinski definition) is 3. The molecule has 88 valence electrons. The summed E-state index contributed by atoms with van der Waals surface area (Å²) in [6.07, 6.45) is 3.45. The Morgan fingerprint density at radius 3 is 2.65 bits per heavy atom. The molecule has 3 N–H and O–H groups in total. The molecular formula is C12H13N3OS. The Kier molecular flexibility index (Phi) is 3.85. The van der Waals surface area contributed by atoms with E-state index in [1.165, 1.54) is 0 Å². The van der Waals surface area contributed by atoms with Crippen LogP contribution in [0.1, 0.15) is 5.56 Å². The number of nitrogens with two attached hydrogens (primary N) is 1. The van der Waals surface area contributed by atoms with Gasteiger partial charge < -0.3 is 5.73 Å². The van der Waals surface area contributed by atoms with Crippen LogP contribution in [-0.4, -0.2) is 9.19 Å². The van der Waals surface area contributed by atoms with Crippen LogP contribution in [0.2, 0.25) is 0 Å². The maximum absolute atomic E-state index is 11.9. The third-order valence-corrected chi connectivity index (χ3v) is 3.33. The average Bonchev–Trinajstić information content (AvgIpc) is 2.38. The van der Waals surface area contributed by atoms with E-state index in [1.807, 2.05) is 12.1 Å². The van der Waals surface area contributed by atoms with Gasteiger partial charge in [0.25, 0.3) is 0 Å². The van der Waals surface area contributed by atoms with Gasteiger partial charge in [-0.3, -0.25) is 4.98 Å². The minimum atomic E-state index is -1.23. The molecule has 1 heterocycles. The lowest BCUT2D eigenvalue weighted by molar-refractivity contribution is 0.671. The van der Waals surface area contributed by atoms with Gasteiger partial charge in [-0.15, -0.1) is 0 Å². The Bertz CT molecular complexity index is 499. The lowest BCUT2D eigenvalue weighted by Crippen LogP contribution is -2.16. The smallest absolute Gasteiger partial charge is 0.125 e. The molecule has 4 nitrogen and oxygen atoms in total. The van der Waals surface area contributed by atoms with E-state index in [0.29, 0.717) is 17.1 Å². The summed E-state index contributed by atoms with van der Waals surface area (Å²) in [6.45, 7) is 0.519. The molecule has 1 aromatic carbocycles.